The monoisotopic (exact) mass is 225 g/mol. The minimum atomic E-state index is 0.618. The van der Waals surface area contributed by atoms with E-state index in [-0.39, 0.29) is 0 Å². The van der Waals surface area contributed by atoms with Crippen molar-refractivity contribution in [3.8, 4) is 0 Å². The van der Waals surface area contributed by atoms with Gasteiger partial charge in [-0.15, -0.1) is 11.8 Å². The normalized spacial score (nSPS) is 10.6. The number of thioether (sulfide) groups is 1. The van der Waals surface area contributed by atoms with Crippen LogP contribution in [0.4, 0.5) is 0 Å². The van der Waals surface area contributed by atoms with Crippen molar-refractivity contribution in [1.29, 1.82) is 0 Å². The molecule has 1 aromatic rings. The molecule has 3 heteroatoms. The van der Waals surface area contributed by atoms with E-state index in [0.29, 0.717) is 6.54 Å². The van der Waals surface area contributed by atoms with Gasteiger partial charge in [-0.25, -0.2) is 0 Å². The Bertz CT molecular complexity index is 302. The number of benzene rings is 1. The molecule has 0 atom stereocenters. The van der Waals surface area contributed by atoms with Crippen molar-refractivity contribution in [3.63, 3.8) is 0 Å². The SMILES string of the molecule is COCCCSc1cc(C)ccc1CN. The van der Waals surface area contributed by atoms with Gasteiger partial charge in [-0.05, 0) is 30.5 Å². The van der Waals surface area contributed by atoms with Crippen molar-refractivity contribution in [2.45, 2.75) is 24.8 Å². The molecule has 0 amide bonds. The van der Waals surface area contributed by atoms with E-state index >= 15 is 0 Å². The van der Waals surface area contributed by atoms with Gasteiger partial charge in [0.15, 0.2) is 0 Å². The summed E-state index contributed by atoms with van der Waals surface area (Å²) in [6, 6.07) is 6.44. The molecule has 0 saturated heterocycles. The first-order chi connectivity index (χ1) is 7.27. The summed E-state index contributed by atoms with van der Waals surface area (Å²) in [6.45, 7) is 3.56. The molecular weight excluding hydrogens is 206 g/mol. The topological polar surface area (TPSA) is 35.2 Å². The lowest BCUT2D eigenvalue weighted by molar-refractivity contribution is 0.200. The second-order valence-corrected chi connectivity index (χ2v) is 4.65. The molecule has 0 aliphatic rings. The predicted molar refractivity (Wildman–Crippen MR) is 66.3 cm³/mol. The third kappa shape index (κ3) is 4.24. The highest BCUT2D eigenvalue weighted by Gasteiger charge is 2.01. The summed E-state index contributed by atoms with van der Waals surface area (Å²) < 4.78 is 5.02. The van der Waals surface area contributed by atoms with E-state index in [4.69, 9.17) is 10.5 Å². The maximum Gasteiger partial charge on any atom is 0.0470 e. The van der Waals surface area contributed by atoms with Crippen LogP contribution in [-0.2, 0) is 11.3 Å². The first-order valence-electron chi connectivity index (χ1n) is 5.19. The number of aryl methyl sites for hydroxylation is 1. The maximum atomic E-state index is 5.69. The molecule has 0 aliphatic heterocycles. The fraction of sp³-hybridized carbons (Fsp3) is 0.500. The molecule has 0 aromatic heterocycles. The molecule has 84 valence electrons. The van der Waals surface area contributed by atoms with Gasteiger partial charge in [0.05, 0.1) is 0 Å². The minimum absolute atomic E-state index is 0.618. The number of rotatable bonds is 6. The van der Waals surface area contributed by atoms with Crippen LogP contribution in [0.2, 0.25) is 0 Å². The van der Waals surface area contributed by atoms with Crippen molar-refractivity contribution < 1.29 is 4.74 Å². The summed E-state index contributed by atoms with van der Waals surface area (Å²) in [5.74, 6) is 1.09. The Morgan fingerprint density at radius 3 is 2.87 bits per heavy atom. The maximum absolute atomic E-state index is 5.69. The van der Waals surface area contributed by atoms with Crippen molar-refractivity contribution >= 4 is 11.8 Å². The molecule has 0 aliphatic carbocycles. The first-order valence-corrected chi connectivity index (χ1v) is 6.18. The van der Waals surface area contributed by atoms with E-state index in [0.717, 1.165) is 18.8 Å². The van der Waals surface area contributed by atoms with Crippen LogP contribution < -0.4 is 5.73 Å². The Morgan fingerprint density at radius 2 is 2.20 bits per heavy atom. The highest BCUT2D eigenvalue weighted by atomic mass is 32.2. The first kappa shape index (κ1) is 12.6. The van der Waals surface area contributed by atoms with Crippen molar-refractivity contribution in [2.24, 2.45) is 5.73 Å². The number of ether oxygens (including phenoxy) is 1. The van der Waals surface area contributed by atoms with Crippen LogP contribution >= 0.6 is 11.8 Å². The predicted octanol–water partition coefficient (Wildman–Crippen LogP) is 2.58. The molecule has 15 heavy (non-hydrogen) atoms. The quantitative estimate of drug-likeness (QED) is 0.597. The minimum Gasteiger partial charge on any atom is -0.385 e. The lowest BCUT2D eigenvalue weighted by Gasteiger charge is -2.08. The van der Waals surface area contributed by atoms with Gasteiger partial charge in [-0.3, -0.25) is 0 Å². The van der Waals surface area contributed by atoms with E-state index < -0.39 is 0 Å². The Labute approximate surface area is 96.2 Å². The summed E-state index contributed by atoms with van der Waals surface area (Å²) in [5.41, 5.74) is 8.22. The number of hydrogen-bond donors (Lipinski definition) is 1. The number of nitrogens with two attached hydrogens (primary N) is 1. The fourth-order valence-corrected chi connectivity index (χ4v) is 2.44. The number of methoxy groups -OCH3 is 1. The van der Waals surface area contributed by atoms with Crippen LogP contribution in [0.1, 0.15) is 17.5 Å². The molecule has 0 heterocycles. The fourth-order valence-electron chi connectivity index (χ4n) is 1.35. The van der Waals surface area contributed by atoms with Crippen LogP contribution in [0, 0.1) is 6.92 Å². The largest absolute Gasteiger partial charge is 0.385 e. The summed E-state index contributed by atoms with van der Waals surface area (Å²) in [4.78, 5) is 1.31. The second kappa shape index (κ2) is 6.88. The average Bonchev–Trinajstić information content (AvgIpc) is 2.25. The summed E-state index contributed by atoms with van der Waals surface area (Å²) >= 11 is 1.87. The molecule has 0 fully saturated rings. The molecule has 0 saturated carbocycles. The second-order valence-electron chi connectivity index (χ2n) is 3.51. The van der Waals surface area contributed by atoms with E-state index in [1.54, 1.807) is 7.11 Å². The highest BCUT2D eigenvalue weighted by molar-refractivity contribution is 7.99. The van der Waals surface area contributed by atoms with E-state index in [1.807, 2.05) is 11.8 Å². The molecule has 2 nitrogen and oxygen atoms in total. The van der Waals surface area contributed by atoms with Crippen LogP contribution in [0.5, 0.6) is 0 Å². The summed E-state index contributed by atoms with van der Waals surface area (Å²) in [7, 11) is 1.74. The van der Waals surface area contributed by atoms with Gasteiger partial charge in [-0.2, -0.15) is 0 Å². The van der Waals surface area contributed by atoms with Crippen molar-refractivity contribution in [3.05, 3.63) is 29.3 Å². The standard InChI is InChI=1S/C12H19NOS/c1-10-4-5-11(9-13)12(8-10)15-7-3-6-14-2/h4-5,8H,3,6-7,9,13H2,1-2H3. The van der Waals surface area contributed by atoms with Crippen molar-refractivity contribution in [2.75, 3.05) is 19.5 Å². The Hall–Kier alpha value is -0.510. The van der Waals surface area contributed by atoms with Crippen LogP contribution in [0.25, 0.3) is 0 Å². The average molecular weight is 225 g/mol. The zero-order valence-corrected chi connectivity index (χ0v) is 10.3. The molecule has 1 aromatic carbocycles. The van der Waals surface area contributed by atoms with Crippen LogP contribution in [0.3, 0.4) is 0 Å². The third-order valence-electron chi connectivity index (χ3n) is 2.19. The molecule has 0 bridgehead atoms. The molecule has 0 unspecified atom stereocenters. The molecule has 0 radical (unpaired) electrons. The van der Waals surface area contributed by atoms with Gasteiger partial charge in [0, 0.05) is 30.9 Å². The summed E-state index contributed by atoms with van der Waals surface area (Å²) in [5, 5.41) is 0. The van der Waals surface area contributed by atoms with Crippen molar-refractivity contribution in [1.82, 2.24) is 0 Å². The molecule has 0 spiro atoms. The van der Waals surface area contributed by atoms with Gasteiger partial charge < -0.3 is 10.5 Å². The zero-order chi connectivity index (χ0) is 11.1. The van der Waals surface area contributed by atoms with Gasteiger partial charge in [0.1, 0.15) is 0 Å². The van der Waals surface area contributed by atoms with E-state index in [2.05, 4.69) is 25.1 Å². The Balaban J connectivity index is 2.54. The zero-order valence-electron chi connectivity index (χ0n) is 9.45. The van der Waals surface area contributed by atoms with Gasteiger partial charge in [-0.1, -0.05) is 12.1 Å². The van der Waals surface area contributed by atoms with Crippen LogP contribution in [0.15, 0.2) is 23.1 Å². The third-order valence-corrected chi connectivity index (χ3v) is 3.38. The lowest BCUT2D eigenvalue weighted by Crippen LogP contribution is -1.99. The highest BCUT2D eigenvalue weighted by Crippen LogP contribution is 2.24. The smallest absolute Gasteiger partial charge is 0.0470 e. The van der Waals surface area contributed by atoms with Gasteiger partial charge >= 0.3 is 0 Å². The Kier molecular flexibility index (Phi) is 5.76. The Morgan fingerprint density at radius 1 is 1.40 bits per heavy atom. The van der Waals surface area contributed by atoms with E-state index in [1.165, 1.54) is 16.0 Å². The van der Waals surface area contributed by atoms with Crippen LogP contribution in [-0.4, -0.2) is 19.5 Å². The molecule has 2 N–H and O–H groups in total. The van der Waals surface area contributed by atoms with E-state index in [9.17, 15) is 0 Å². The van der Waals surface area contributed by atoms with Gasteiger partial charge in [0.2, 0.25) is 0 Å². The molecule has 1 rings (SSSR count). The van der Waals surface area contributed by atoms with Gasteiger partial charge in [0.25, 0.3) is 0 Å². The number of hydrogen-bond acceptors (Lipinski definition) is 3. The molecular formula is C12H19NOS. The summed E-state index contributed by atoms with van der Waals surface area (Å²) in [6.07, 6.45) is 1.08. The lowest BCUT2D eigenvalue weighted by atomic mass is 10.1.